The summed E-state index contributed by atoms with van der Waals surface area (Å²) in [5, 5.41) is 6.31. The van der Waals surface area contributed by atoms with Gasteiger partial charge < -0.3 is 19.8 Å². The number of rotatable bonds is 6. The van der Waals surface area contributed by atoms with Gasteiger partial charge in [-0.1, -0.05) is 12.1 Å². The predicted molar refractivity (Wildman–Crippen MR) is 106 cm³/mol. The van der Waals surface area contributed by atoms with Gasteiger partial charge in [0.2, 0.25) is 5.89 Å². The van der Waals surface area contributed by atoms with Gasteiger partial charge in [-0.25, -0.2) is 9.37 Å². The zero-order valence-corrected chi connectivity index (χ0v) is 17.1. The van der Waals surface area contributed by atoms with Crippen LogP contribution in [0.1, 0.15) is 29.0 Å². The van der Waals surface area contributed by atoms with Crippen molar-refractivity contribution in [2.75, 3.05) is 20.7 Å². The third-order valence-electron chi connectivity index (χ3n) is 3.68. The van der Waals surface area contributed by atoms with E-state index in [1.165, 1.54) is 12.1 Å². The third kappa shape index (κ3) is 6.28. The Kier molecular flexibility index (Phi) is 8.84. The van der Waals surface area contributed by atoms with Crippen molar-refractivity contribution in [2.24, 2.45) is 4.99 Å². The quantitative estimate of drug-likeness (QED) is 0.392. The lowest BCUT2D eigenvalue weighted by Gasteiger charge is -2.18. The fourth-order valence-corrected chi connectivity index (χ4v) is 2.20. The van der Waals surface area contributed by atoms with Crippen molar-refractivity contribution in [1.82, 2.24) is 15.6 Å². The topological polar surface area (TPSA) is 71.7 Å². The number of guanidine groups is 1. The van der Waals surface area contributed by atoms with Gasteiger partial charge in [0.05, 0.1) is 18.3 Å². The van der Waals surface area contributed by atoms with E-state index < -0.39 is 0 Å². The Morgan fingerprint density at radius 1 is 1.28 bits per heavy atom. The largest absolute Gasteiger partial charge is 0.444 e. The van der Waals surface area contributed by atoms with Gasteiger partial charge in [0, 0.05) is 20.7 Å². The summed E-state index contributed by atoms with van der Waals surface area (Å²) < 4.78 is 24.0. The van der Waals surface area contributed by atoms with E-state index in [4.69, 9.17) is 9.15 Å². The minimum absolute atomic E-state index is 0. The molecule has 0 saturated carbocycles. The lowest BCUT2D eigenvalue weighted by Crippen LogP contribution is -2.39. The number of nitrogens with zero attached hydrogens (tertiary/aromatic N) is 2. The van der Waals surface area contributed by atoms with Crippen LogP contribution < -0.4 is 10.6 Å². The molecule has 0 aliphatic carbocycles. The molecule has 2 aromatic rings. The standard InChI is InChI=1S/C17H23FN4O2.HI/c1-11-12(2)24-16(22-11)10-21-17(19-3)20-9-15(23-4)13-5-7-14(18)8-6-13;/h5-8,15H,9-10H2,1-4H3,(H2,19,20,21);1H. The molecule has 2 rings (SSSR count). The number of aliphatic imine (C=N–C) groups is 1. The summed E-state index contributed by atoms with van der Waals surface area (Å²) >= 11 is 0. The Hall–Kier alpha value is -1.68. The molecule has 1 aromatic carbocycles. The summed E-state index contributed by atoms with van der Waals surface area (Å²) in [6.45, 7) is 4.71. The Balaban J connectivity index is 0.00000312. The van der Waals surface area contributed by atoms with Crippen molar-refractivity contribution in [3.63, 3.8) is 0 Å². The van der Waals surface area contributed by atoms with Crippen LogP contribution in [0.15, 0.2) is 33.7 Å². The summed E-state index contributed by atoms with van der Waals surface area (Å²) in [7, 11) is 3.30. The number of ether oxygens (including phenoxy) is 1. The minimum Gasteiger partial charge on any atom is -0.444 e. The molecule has 2 N–H and O–H groups in total. The van der Waals surface area contributed by atoms with E-state index in [9.17, 15) is 4.39 Å². The third-order valence-corrected chi connectivity index (χ3v) is 3.68. The number of hydrogen-bond donors (Lipinski definition) is 2. The van der Waals surface area contributed by atoms with Gasteiger partial charge in [0.15, 0.2) is 5.96 Å². The fraction of sp³-hybridized carbons (Fsp3) is 0.412. The first-order chi connectivity index (χ1) is 11.5. The second kappa shape index (κ2) is 10.3. The van der Waals surface area contributed by atoms with Gasteiger partial charge in [-0.2, -0.15) is 0 Å². The molecule has 6 nitrogen and oxygen atoms in total. The van der Waals surface area contributed by atoms with Gasteiger partial charge in [0.1, 0.15) is 11.6 Å². The molecule has 0 radical (unpaired) electrons. The highest BCUT2D eigenvalue weighted by molar-refractivity contribution is 14.0. The van der Waals surface area contributed by atoms with E-state index in [1.54, 1.807) is 26.3 Å². The van der Waals surface area contributed by atoms with Crippen molar-refractivity contribution in [1.29, 1.82) is 0 Å². The Morgan fingerprint density at radius 2 is 1.96 bits per heavy atom. The highest BCUT2D eigenvalue weighted by Crippen LogP contribution is 2.16. The molecule has 25 heavy (non-hydrogen) atoms. The van der Waals surface area contributed by atoms with Gasteiger partial charge in [0.25, 0.3) is 0 Å². The van der Waals surface area contributed by atoms with E-state index in [0.717, 1.165) is 17.0 Å². The number of hydrogen-bond acceptors (Lipinski definition) is 4. The van der Waals surface area contributed by atoms with Gasteiger partial charge in [-0.05, 0) is 31.5 Å². The molecule has 0 aliphatic rings. The predicted octanol–water partition coefficient (Wildman–Crippen LogP) is 3.10. The van der Waals surface area contributed by atoms with Crippen molar-refractivity contribution in [2.45, 2.75) is 26.5 Å². The maximum atomic E-state index is 13.0. The molecule has 0 amide bonds. The van der Waals surface area contributed by atoms with E-state index in [-0.39, 0.29) is 35.9 Å². The summed E-state index contributed by atoms with van der Waals surface area (Å²) in [4.78, 5) is 8.47. The van der Waals surface area contributed by atoms with E-state index in [1.807, 2.05) is 13.8 Å². The zero-order chi connectivity index (χ0) is 17.5. The van der Waals surface area contributed by atoms with Crippen LogP contribution in [0.5, 0.6) is 0 Å². The average molecular weight is 462 g/mol. The number of oxazole rings is 1. The number of nitrogens with one attached hydrogen (secondary N) is 2. The van der Waals surface area contributed by atoms with Gasteiger partial charge >= 0.3 is 0 Å². The molecule has 0 spiro atoms. The Labute approximate surface area is 164 Å². The second-order valence-electron chi connectivity index (χ2n) is 5.33. The zero-order valence-electron chi connectivity index (χ0n) is 14.8. The number of methoxy groups -OCH3 is 1. The summed E-state index contributed by atoms with van der Waals surface area (Å²) in [5.41, 5.74) is 1.77. The Bertz CT molecular complexity index is 669. The van der Waals surface area contributed by atoms with Crippen molar-refractivity contribution in [3.8, 4) is 0 Å². The molecule has 1 heterocycles. The molecule has 0 aliphatic heterocycles. The molecule has 1 aromatic heterocycles. The normalized spacial score (nSPS) is 12.4. The minimum atomic E-state index is -0.268. The molecule has 8 heteroatoms. The van der Waals surface area contributed by atoms with Crippen LogP contribution in [0.2, 0.25) is 0 Å². The van der Waals surface area contributed by atoms with Crippen LogP contribution in [0.4, 0.5) is 4.39 Å². The van der Waals surface area contributed by atoms with E-state index in [0.29, 0.717) is 24.9 Å². The van der Waals surface area contributed by atoms with Gasteiger partial charge in [-0.15, -0.1) is 24.0 Å². The SMILES string of the molecule is CN=C(NCc1nc(C)c(C)o1)NCC(OC)c1ccc(F)cc1.I. The van der Waals surface area contributed by atoms with Crippen molar-refractivity contribution >= 4 is 29.9 Å². The van der Waals surface area contributed by atoms with Crippen LogP contribution in [0, 0.1) is 19.7 Å². The number of aryl methyl sites for hydroxylation is 2. The van der Waals surface area contributed by atoms with Crippen LogP contribution >= 0.6 is 24.0 Å². The van der Waals surface area contributed by atoms with Crippen LogP contribution in [0.3, 0.4) is 0 Å². The van der Waals surface area contributed by atoms with Crippen molar-refractivity contribution in [3.05, 3.63) is 53.0 Å². The Morgan fingerprint density at radius 3 is 2.48 bits per heavy atom. The highest BCUT2D eigenvalue weighted by atomic mass is 127. The molecular weight excluding hydrogens is 438 g/mol. The highest BCUT2D eigenvalue weighted by Gasteiger charge is 2.12. The second-order valence-corrected chi connectivity index (χ2v) is 5.33. The maximum Gasteiger partial charge on any atom is 0.214 e. The van der Waals surface area contributed by atoms with E-state index in [2.05, 4.69) is 20.6 Å². The van der Waals surface area contributed by atoms with Crippen LogP contribution in [-0.4, -0.2) is 31.6 Å². The van der Waals surface area contributed by atoms with Crippen LogP contribution in [0.25, 0.3) is 0 Å². The molecule has 0 bridgehead atoms. The molecule has 0 saturated heterocycles. The summed E-state index contributed by atoms with van der Waals surface area (Å²) in [6, 6.07) is 6.25. The van der Waals surface area contributed by atoms with Gasteiger partial charge in [-0.3, -0.25) is 4.99 Å². The molecule has 0 fully saturated rings. The lowest BCUT2D eigenvalue weighted by molar-refractivity contribution is 0.106. The monoisotopic (exact) mass is 462 g/mol. The maximum absolute atomic E-state index is 13.0. The summed E-state index contributed by atoms with van der Waals surface area (Å²) in [6.07, 6.45) is -0.213. The van der Waals surface area contributed by atoms with Crippen LogP contribution in [-0.2, 0) is 11.3 Å². The smallest absolute Gasteiger partial charge is 0.214 e. The number of halogens is 2. The molecule has 1 unspecified atom stereocenters. The van der Waals surface area contributed by atoms with Crippen molar-refractivity contribution < 1.29 is 13.5 Å². The summed E-state index contributed by atoms with van der Waals surface area (Å²) in [5.74, 6) is 1.75. The molecular formula is C17H24FIN4O2. The van der Waals surface area contributed by atoms with E-state index >= 15 is 0 Å². The fourth-order valence-electron chi connectivity index (χ4n) is 2.20. The lowest BCUT2D eigenvalue weighted by atomic mass is 10.1. The number of benzene rings is 1. The first-order valence-electron chi connectivity index (χ1n) is 7.69. The molecule has 1 atom stereocenters. The molecule has 138 valence electrons. The number of aromatic nitrogens is 1. The first kappa shape index (κ1) is 21.4. The first-order valence-corrected chi connectivity index (χ1v) is 7.69. The average Bonchev–Trinajstić information content (AvgIpc) is 2.90.